The van der Waals surface area contributed by atoms with Crippen LogP contribution in [0.2, 0.25) is 0 Å². The number of carboxylic acid groups (broad SMARTS) is 1. The number of carboxylic acids is 1. The van der Waals surface area contributed by atoms with Gasteiger partial charge in [0.25, 0.3) is 0 Å². The summed E-state index contributed by atoms with van der Waals surface area (Å²) in [4.78, 5) is 10.2. The van der Waals surface area contributed by atoms with Gasteiger partial charge in [-0.15, -0.1) is 5.73 Å². The van der Waals surface area contributed by atoms with E-state index in [0.717, 1.165) is 21.7 Å². The molecule has 0 bridgehead atoms. The maximum atomic E-state index is 10.2. The van der Waals surface area contributed by atoms with Crippen LogP contribution in [0.4, 0.5) is 0 Å². The Labute approximate surface area is 90.7 Å². The van der Waals surface area contributed by atoms with Gasteiger partial charge < -0.3 is 5.11 Å². The van der Waals surface area contributed by atoms with Crippen molar-refractivity contribution in [1.29, 1.82) is 0 Å². The number of carbonyl (C=O) groups is 1. The molecule has 72 valence electrons. The second-order valence-corrected chi connectivity index (χ2v) is 3.60. The Morgan fingerprint density at radius 1 is 1.57 bits per heavy atom. The molecule has 3 heteroatoms. The normalized spacial score (nSPS) is 9.00. The van der Waals surface area contributed by atoms with Gasteiger partial charge in [0.15, 0.2) is 0 Å². The number of halogens is 1. The third-order valence-electron chi connectivity index (χ3n) is 1.76. The molecule has 0 saturated carbocycles. The summed E-state index contributed by atoms with van der Waals surface area (Å²) in [6.07, 6.45) is 2.63. The van der Waals surface area contributed by atoms with Gasteiger partial charge in [0, 0.05) is 4.47 Å². The van der Waals surface area contributed by atoms with E-state index < -0.39 is 5.97 Å². The van der Waals surface area contributed by atoms with Crippen LogP contribution in [0, 0.1) is 6.92 Å². The van der Waals surface area contributed by atoms with Crippen LogP contribution in [0.15, 0.2) is 34.5 Å². The minimum atomic E-state index is -0.992. The summed E-state index contributed by atoms with van der Waals surface area (Å²) in [7, 11) is 0. The molecule has 0 aromatic heterocycles. The molecule has 0 fully saturated rings. The Kier molecular flexibility index (Phi) is 3.69. The van der Waals surface area contributed by atoms with Gasteiger partial charge in [0.05, 0.1) is 6.08 Å². The highest BCUT2D eigenvalue weighted by atomic mass is 79.9. The molecule has 1 aromatic rings. The molecule has 0 radical (unpaired) electrons. The van der Waals surface area contributed by atoms with Crippen molar-refractivity contribution >= 4 is 28.0 Å². The molecular weight excluding hydrogens is 244 g/mol. The topological polar surface area (TPSA) is 37.3 Å². The molecule has 1 rings (SSSR count). The van der Waals surface area contributed by atoms with Crippen LogP contribution in [-0.2, 0) is 4.79 Å². The largest absolute Gasteiger partial charge is 0.478 e. The first kappa shape index (κ1) is 10.8. The average Bonchev–Trinajstić information content (AvgIpc) is 2.12. The Morgan fingerprint density at radius 2 is 2.29 bits per heavy atom. The highest BCUT2D eigenvalue weighted by molar-refractivity contribution is 9.10. The van der Waals surface area contributed by atoms with Crippen LogP contribution in [0.1, 0.15) is 11.1 Å². The zero-order chi connectivity index (χ0) is 10.6. The molecule has 0 aliphatic heterocycles. The monoisotopic (exact) mass is 252 g/mol. The summed E-state index contributed by atoms with van der Waals surface area (Å²) in [6.45, 7) is 1.96. The minimum absolute atomic E-state index is 0.955. The lowest BCUT2D eigenvalue weighted by atomic mass is 10.1. The molecular formula is C11H9BrO2. The summed E-state index contributed by atoms with van der Waals surface area (Å²) in [5.41, 5.74) is 4.62. The Balaban J connectivity index is 3.04. The van der Waals surface area contributed by atoms with Crippen LogP contribution >= 0.6 is 15.9 Å². The molecule has 1 N–H and O–H groups in total. The summed E-state index contributed by atoms with van der Waals surface area (Å²) in [5.74, 6) is -0.992. The first-order valence-corrected chi connectivity index (χ1v) is 4.81. The van der Waals surface area contributed by atoms with Crippen molar-refractivity contribution in [3.8, 4) is 0 Å². The SMILES string of the molecule is Cc1c(Br)cccc1C=C=CC(=O)O. The van der Waals surface area contributed by atoms with E-state index in [1.165, 1.54) is 0 Å². The second kappa shape index (κ2) is 4.80. The van der Waals surface area contributed by atoms with Crippen LogP contribution in [0.5, 0.6) is 0 Å². The van der Waals surface area contributed by atoms with E-state index in [4.69, 9.17) is 5.11 Å². The van der Waals surface area contributed by atoms with E-state index in [9.17, 15) is 4.79 Å². The van der Waals surface area contributed by atoms with E-state index in [-0.39, 0.29) is 0 Å². The van der Waals surface area contributed by atoms with Gasteiger partial charge in [-0.05, 0) is 30.2 Å². The molecule has 1 aromatic carbocycles. The van der Waals surface area contributed by atoms with E-state index in [1.807, 2.05) is 25.1 Å². The number of aliphatic carboxylic acids is 1. The molecule has 0 amide bonds. The zero-order valence-electron chi connectivity index (χ0n) is 7.62. The number of benzene rings is 1. The van der Waals surface area contributed by atoms with Gasteiger partial charge in [0.2, 0.25) is 0 Å². The highest BCUT2D eigenvalue weighted by Crippen LogP contribution is 2.19. The van der Waals surface area contributed by atoms with Crippen molar-refractivity contribution in [2.75, 3.05) is 0 Å². The average molecular weight is 253 g/mol. The molecule has 0 aliphatic carbocycles. The Bertz CT molecular complexity index is 415. The predicted octanol–water partition coefficient (Wildman–Crippen LogP) is 3.01. The molecule has 0 atom stereocenters. The van der Waals surface area contributed by atoms with Crippen molar-refractivity contribution in [2.45, 2.75) is 6.92 Å². The van der Waals surface area contributed by atoms with E-state index >= 15 is 0 Å². The molecule has 0 heterocycles. The third kappa shape index (κ3) is 2.87. The third-order valence-corrected chi connectivity index (χ3v) is 2.61. The van der Waals surface area contributed by atoms with Crippen LogP contribution in [-0.4, -0.2) is 11.1 Å². The standard InChI is InChI=1S/C11H9BrO2/c1-8-9(4-2-6-10(8)12)5-3-7-11(13)14/h2,4-7H,1H3,(H,13,14). The lowest BCUT2D eigenvalue weighted by Crippen LogP contribution is -1.84. The quantitative estimate of drug-likeness (QED) is 0.649. The maximum absolute atomic E-state index is 10.2. The zero-order valence-corrected chi connectivity index (χ0v) is 9.21. The van der Waals surface area contributed by atoms with Crippen molar-refractivity contribution in [3.63, 3.8) is 0 Å². The Morgan fingerprint density at radius 3 is 2.93 bits per heavy atom. The first-order valence-electron chi connectivity index (χ1n) is 4.02. The maximum Gasteiger partial charge on any atom is 0.336 e. The smallest absolute Gasteiger partial charge is 0.336 e. The van der Waals surface area contributed by atoms with Gasteiger partial charge in [-0.25, -0.2) is 4.79 Å². The fraction of sp³-hybridized carbons (Fsp3) is 0.0909. The van der Waals surface area contributed by atoms with Gasteiger partial charge in [-0.1, -0.05) is 28.1 Å². The molecule has 0 unspecified atom stereocenters. The minimum Gasteiger partial charge on any atom is -0.478 e. The summed E-state index contributed by atoms with van der Waals surface area (Å²) in [6, 6.07) is 5.74. The first-order chi connectivity index (χ1) is 6.61. The van der Waals surface area contributed by atoms with Crippen LogP contribution in [0.3, 0.4) is 0 Å². The van der Waals surface area contributed by atoms with Crippen LogP contribution < -0.4 is 0 Å². The van der Waals surface area contributed by atoms with Crippen molar-refractivity contribution < 1.29 is 9.90 Å². The number of rotatable bonds is 2. The summed E-state index contributed by atoms with van der Waals surface area (Å²) in [5, 5.41) is 8.37. The summed E-state index contributed by atoms with van der Waals surface area (Å²) >= 11 is 3.39. The molecule has 0 spiro atoms. The van der Waals surface area contributed by atoms with Gasteiger partial charge in [-0.3, -0.25) is 0 Å². The van der Waals surface area contributed by atoms with E-state index in [0.29, 0.717) is 0 Å². The van der Waals surface area contributed by atoms with Crippen LogP contribution in [0.25, 0.3) is 6.08 Å². The van der Waals surface area contributed by atoms with E-state index in [1.54, 1.807) is 6.08 Å². The molecule has 0 saturated heterocycles. The number of hydrogen-bond acceptors (Lipinski definition) is 1. The fourth-order valence-corrected chi connectivity index (χ4v) is 1.36. The van der Waals surface area contributed by atoms with Crippen molar-refractivity contribution in [2.24, 2.45) is 0 Å². The van der Waals surface area contributed by atoms with Gasteiger partial charge >= 0.3 is 5.97 Å². The lowest BCUT2D eigenvalue weighted by Gasteiger charge is -2.00. The van der Waals surface area contributed by atoms with Gasteiger partial charge in [0.1, 0.15) is 0 Å². The highest BCUT2D eigenvalue weighted by Gasteiger charge is 1.96. The lowest BCUT2D eigenvalue weighted by molar-refractivity contribution is -0.131. The van der Waals surface area contributed by atoms with Crippen molar-refractivity contribution in [1.82, 2.24) is 0 Å². The second-order valence-electron chi connectivity index (χ2n) is 2.75. The molecule has 14 heavy (non-hydrogen) atoms. The number of hydrogen-bond donors (Lipinski definition) is 1. The van der Waals surface area contributed by atoms with Crippen molar-refractivity contribution in [3.05, 3.63) is 45.6 Å². The fourth-order valence-electron chi connectivity index (χ4n) is 0.983. The predicted molar refractivity (Wildman–Crippen MR) is 59.1 cm³/mol. The summed E-state index contributed by atoms with van der Waals surface area (Å²) < 4.78 is 1.00. The Hall–Kier alpha value is -1.31. The van der Waals surface area contributed by atoms with Gasteiger partial charge in [-0.2, -0.15) is 0 Å². The molecule has 0 aliphatic rings. The molecule has 2 nitrogen and oxygen atoms in total. The van der Waals surface area contributed by atoms with E-state index in [2.05, 4.69) is 21.7 Å².